The Morgan fingerprint density at radius 3 is 2.61 bits per heavy atom. The van der Waals surface area contributed by atoms with E-state index in [0.29, 0.717) is 0 Å². The minimum Gasteiger partial charge on any atom is -0.339 e. The highest BCUT2D eigenvalue weighted by Gasteiger charge is 2.20. The lowest BCUT2D eigenvalue weighted by atomic mass is 10.2. The number of benzene rings is 1. The van der Waals surface area contributed by atoms with Crippen molar-refractivity contribution < 1.29 is 4.79 Å². The van der Waals surface area contributed by atoms with Crippen LogP contribution < -0.4 is 0 Å². The van der Waals surface area contributed by atoms with Crippen molar-refractivity contribution in [3.8, 4) is 0 Å². The predicted molar refractivity (Wildman–Crippen MR) is 86.3 cm³/mol. The van der Waals surface area contributed by atoms with Gasteiger partial charge in [-0.25, -0.2) is 4.68 Å². The highest BCUT2D eigenvalue weighted by Crippen LogP contribution is 2.05. The zero-order valence-corrected chi connectivity index (χ0v) is 13.0. The summed E-state index contributed by atoms with van der Waals surface area (Å²) >= 11 is 0. The highest BCUT2D eigenvalue weighted by atomic mass is 16.2. The number of piperazine rings is 1. The molecule has 1 amide bonds. The van der Waals surface area contributed by atoms with E-state index < -0.39 is 0 Å². The number of aromatic nitrogens is 4. The lowest BCUT2D eigenvalue weighted by molar-refractivity contribution is -0.133. The second kappa shape index (κ2) is 7.64. The Labute approximate surface area is 135 Å². The van der Waals surface area contributed by atoms with Crippen molar-refractivity contribution >= 4 is 12.0 Å². The van der Waals surface area contributed by atoms with Crippen LogP contribution in [0.3, 0.4) is 0 Å². The second-order valence-electron chi connectivity index (χ2n) is 5.50. The Balaban J connectivity index is 1.41. The first kappa shape index (κ1) is 15.4. The molecule has 1 aliphatic rings. The third-order valence-electron chi connectivity index (χ3n) is 3.89. The lowest BCUT2D eigenvalue weighted by Gasteiger charge is -2.34. The molecule has 7 nitrogen and oxygen atoms in total. The van der Waals surface area contributed by atoms with E-state index in [2.05, 4.69) is 44.7 Å². The summed E-state index contributed by atoms with van der Waals surface area (Å²) in [6, 6.07) is 10.3. The van der Waals surface area contributed by atoms with Gasteiger partial charge in [-0.1, -0.05) is 42.5 Å². The molecule has 0 atom stereocenters. The van der Waals surface area contributed by atoms with Crippen LogP contribution in [-0.2, 0) is 11.3 Å². The summed E-state index contributed by atoms with van der Waals surface area (Å²) in [6.45, 7) is 4.39. The fraction of sp³-hybridized carbons (Fsp3) is 0.375. The van der Waals surface area contributed by atoms with E-state index in [1.54, 1.807) is 0 Å². The van der Waals surface area contributed by atoms with Gasteiger partial charge in [-0.2, -0.15) is 0 Å². The number of tetrazole rings is 1. The smallest absolute Gasteiger partial charge is 0.244 e. The Morgan fingerprint density at radius 2 is 1.91 bits per heavy atom. The molecule has 0 radical (unpaired) electrons. The van der Waals surface area contributed by atoms with Crippen LogP contribution in [-0.4, -0.2) is 68.6 Å². The van der Waals surface area contributed by atoms with Crippen molar-refractivity contribution in [2.75, 3.05) is 32.7 Å². The zero-order valence-electron chi connectivity index (χ0n) is 13.0. The molecule has 0 N–H and O–H groups in total. The molecule has 120 valence electrons. The van der Waals surface area contributed by atoms with Crippen LogP contribution in [0.1, 0.15) is 5.56 Å². The van der Waals surface area contributed by atoms with Crippen LogP contribution in [0.25, 0.3) is 6.08 Å². The molecule has 2 heterocycles. The van der Waals surface area contributed by atoms with Gasteiger partial charge in [0.25, 0.3) is 0 Å². The number of hydrogen-bond acceptors (Lipinski definition) is 5. The van der Waals surface area contributed by atoms with Gasteiger partial charge in [0.1, 0.15) is 12.9 Å². The molecule has 7 heteroatoms. The average molecular weight is 312 g/mol. The maximum absolute atomic E-state index is 12.1. The molecule has 1 aromatic carbocycles. The van der Waals surface area contributed by atoms with E-state index in [9.17, 15) is 4.79 Å². The minimum atomic E-state index is 0.0665. The molecule has 0 unspecified atom stereocenters. The maximum atomic E-state index is 12.1. The van der Waals surface area contributed by atoms with E-state index >= 15 is 0 Å². The standard InChI is InChI=1S/C16H20N6O/c23-16(13-22-14-17-18-19-22)21-11-9-20(10-12-21)8-4-7-15-5-2-1-3-6-15/h1-7,14H,8-13H2/b7-4+. The van der Waals surface area contributed by atoms with Crippen LogP contribution in [0.4, 0.5) is 0 Å². The molecule has 1 saturated heterocycles. The Kier molecular flexibility index (Phi) is 5.10. The zero-order chi connectivity index (χ0) is 15.9. The minimum absolute atomic E-state index is 0.0665. The molecular weight excluding hydrogens is 292 g/mol. The molecule has 23 heavy (non-hydrogen) atoms. The number of nitrogens with zero attached hydrogens (tertiary/aromatic N) is 6. The van der Waals surface area contributed by atoms with Gasteiger partial charge in [0.2, 0.25) is 5.91 Å². The van der Waals surface area contributed by atoms with E-state index in [4.69, 9.17) is 0 Å². The molecular formula is C16H20N6O. The summed E-state index contributed by atoms with van der Waals surface area (Å²) in [7, 11) is 0. The van der Waals surface area contributed by atoms with Crippen LogP contribution >= 0.6 is 0 Å². The molecule has 0 bridgehead atoms. The van der Waals surface area contributed by atoms with Crippen molar-refractivity contribution in [1.29, 1.82) is 0 Å². The van der Waals surface area contributed by atoms with Crippen molar-refractivity contribution in [2.45, 2.75) is 6.54 Å². The van der Waals surface area contributed by atoms with Gasteiger partial charge in [-0.3, -0.25) is 9.69 Å². The van der Waals surface area contributed by atoms with E-state index in [1.807, 2.05) is 23.1 Å². The van der Waals surface area contributed by atoms with Crippen molar-refractivity contribution in [3.63, 3.8) is 0 Å². The van der Waals surface area contributed by atoms with Gasteiger partial charge < -0.3 is 4.90 Å². The first-order valence-electron chi connectivity index (χ1n) is 7.74. The Morgan fingerprint density at radius 1 is 1.13 bits per heavy atom. The Hall–Kier alpha value is -2.54. The van der Waals surface area contributed by atoms with Crippen molar-refractivity contribution in [2.24, 2.45) is 0 Å². The first-order valence-corrected chi connectivity index (χ1v) is 7.74. The molecule has 0 spiro atoms. The first-order chi connectivity index (χ1) is 11.3. The fourth-order valence-corrected chi connectivity index (χ4v) is 2.57. The Bertz CT molecular complexity index is 632. The fourth-order valence-electron chi connectivity index (χ4n) is 2.57. The van der Waals surface area contributed by atoms with Crippen molar-refractivity contribution in [1.82, 2.24) is 30.0 Å². The topological polar surface area (TPSA) is 67.2 Å². The van der Waals surface area contributed by atoms with Crippen LogP contribution in [0.2, 0.25) is 0 Å². The highest BCUT2D eigenvalue weighted by molar-refractivity contribution is 5.76. The summed E-state index contributed by atoms with van der Waals surface area (Å²) in [5.74, 6) is 0.0665. The molecule has 2 aromatic rings. The van der Waals surface area contributed by atoms with Crippen LogP contribution in [0.15, 0.2) is 42.7 Å². The third kappa shape index (κ3) is 4.46. The molecule has 1 aliphatic heterocycles. The number of carbonyl (C=O) groups excluding carboxylic acids is 1. The van der Waals surface area contributed by atoms with E-state index in [-0.39, 0.29) is 12.5 Å². The van der Waals surface area contributed by atoms with E-state index in [1.165, 1.54) is 16.6 Å². The van der Waals surface area contributed by atoms with Gasteiger partial charge >= 0.3 is 0 Å². The van der Waals surface area contributed by atoms with Gasteiger partial charge in [0.05, 0.1) is 0 Å². The number of hydrogen-bond donors (Lipinski definition) is 0. The molecule has 0 saturated carbocycles. The number of amides is 1. The van der Waals surface area contributed by atoms with Crippen LogP contribution in [0, 0.1) is 0 Å². The molecule has 1 fully saturated rings. The predicted octanol–water partition coefficient (Wildman–Crippen LogP) is 0.531. The molecule has 0 aliphatic carbocycles. The summed E-state index contributed by atoms with van der Waals surface area (Å²) in [5, 5.41) is 10.8. The summed E-state index contributed by atoms with van der Waals surface area (Å²) in [4.78, 5) is 16.4. The van der Waals surface area contributed by atoms with Gasteiger partial charge in [-0.05, 0) is 16.0 Å². The van der Waals surface area contributed by atoms with Gasteiger partial charge in [0, 0.05) is 32.7 Å². The van der Waals surface area contributed by atoms with E-state index in [0.717, 1.165) is 32.7 Å². The summed E-state index contributed by atoms with van der Waals surface area (Å²) < 4.78 is 1.46. The van der Waals surface area contributed by atoms with Gasteiger partial charge in [0.15, 0.2) is 0 Å². The third-order valence-corrected chi connectivity index (χ3v) is 3.89. The number of carbonyl (C=O) groups is 1. The maximum Gasteiger partial charge on any atom is 0.244 e. The average Bonchev–Trinajstić information content (AvgIpc) is 3.09. The van der Waals surface area contributed by atoms with Crippen molar-refractivity contribution in [3.05, 3.63) is 48.3 Å². The SMILES string of the molecule is O=C(Cn1cnnn1)N1CCN(C/C=C/c2ccccc2)CC1. The monoisotopic (exact) mass is 312 g/mol. The lowest BCUT2D eigenvalue weighted by Crippen LogP contribution is -2.49. The molecule has 3 rings (SSSR count). The quantitative estimate of drug-likeness (QED) is 0.806. The summed E-state index contributed by atoms with van der Waals surface area (Å²) in [6.07, 6.45) is 5.77. The normalized spacial score (nSPS) is 16.1. The second-order valence-corrected chi connectivity index (χ2v) is 5.50. The molecule has 1 aromatic heterocycles. The summed E-state index contributed by atoms with van der Waals surface area (Å²) in [5.41, 5.74) is 1.21. The number of rotatable bonds is 5. The van der Waals surface area contributed by atoms with Crippen LogP contribution in [0.5, 0.6) is 0 Å². The van der Waals surface area contributed by atoms with Gasteiger partial charge in [-0.15, -0.1) is 5.10 Å². The largest absolute Gasteiger partial charge is 0.339 e.